The molecule has 0 aromatic heterocycles. The molecule has 1 saturated carbocycles. The normalized spacial score (nSPS) is 19.6. The predicted molar refractivity (Wildman–Crippen MR) is 133 cm³/mol. The molecular weight excluding hydrogens is 444 g/mol. The molecule has 0 aliphatic heterocycles. The molecule has 1 fully saturated rings. The summed E-state index contributed by atoms with van der Waals surface area (Å²) in [5, 5.41) is 14.9. The van der Waals surface area contributed by atoms with Gasteiger partial charge in [-0.1, -0.05) is 62.4 Å². The summed E-state index contributed by atoms with van der Waals surface area (Å²) >= 11 is 0. The highest BCUT2D eigenvalue weighted by Gasteiger charge is 2.33. The summed E-state index contributed by atoms with van der Waals surface area (Å²) in [6.07, 6.45) is 1.53. The van der Waals surface area contributed by atoms with Crippen molar-refractivity contribution in [3.63, 3.8) is 0 Å². The minimum Gasteiger partial charge on any atom is -0.481 e. The number of hydrogen-bond donors (Lipinski definition) is 3. The van der Waals surface area contributed by atoms with Gasteiger partial charge in [-0.15, -0.1) is 0 Å². The number of carbonyl (C=O) groups excluding carboxylic acids is 2. The van der Waals surface area contributed by atoms with E-state index < -0.39 is 12.1 Å². The van der Waals surface area contributed by atoms with E-state index in [4.69, 9.17) is 9.84 Å². The Balaban J connectivity index is 1.25. The Kier molecular flexibility index (Phi) is 7.73. The number of benzene rings is 2. The molecular formula is C28H34N2O5. The quantitative estimate of drug-likeness (QED) is 0.490. The highest BCUT2D eigenvalue weighted by molar-refractivity contribution is 5.80. The number of ether oxygens (including phenoxy) is 1. The molecule has 4 rings (SSSR count). The number of aliphatic carboxylic acids is 1. The molecule has 0 radical (unpaired) electrons. The van der Waals surface area contributed by atoms with Crippen molar-refractivity contribution in [3.8, 4) is 11.1 Å². The molecule has 2 aromatic rings. The number of amides is 2. The third-order valence-corrected chi connectivity index (χ3v) is 7.39. The number of nitrogens with one attached hydrogen (secondary N) is 2. The van der Waals surface area contributed by atoms with E-state index in [9.17, 15) is 14.4 Å². The Morgan fingerprint density at radius 2 is 1.63 bits per heavy atom. The molecule has 35 heavy (non-hydrogen) atoms. The molecule has 2 aliphatic rings. The smallest absolute Gasteiger partial charge is 0.407 e. The van der Waals surface area contributed by atoms with Gasteiger partial charge in [-0.05, 0) is 53.4 Å². The van der Waals surface area contributed by atoms with Gasteiger partial charge < -0.3 is 20.5 Å². The van der Waals surface area contributed by atoms with Gasteiger partial charge in [0.1, 0.15) is 6.61 Å². The fourth-order valence-corrected chi connectivity index (χ4v) is 5.30. The number of rotatable bonds is 9. The molecule has 2 amide bonds. The van der Waals surface area contributed by atoms with Gasteiger partial charge in [0.05, 0.1) is 6.42 Å². The van der Waals surface area contributed by atoms with Crippen LogP contribution >= 0.6 is 0 Å². The first kappa shape index (κ1) is 24.8. The van der Waals surface area contributed by atoms with Crippen LogP contribution in [0.15, 0.2) is 48.5 Å². The van der Waals surface area contributed by atoms with Crippen molar-refractivity contribution >= 4 is 18.0 Å². The monoisotopic (exact) mass is 478 g/mol. The summed E-state index contributed by atoms with van der Waals surface area (Å²) in [5.41, 5.74) is 4.71. The van der Waals surface area contributed by atoms with E-state index >= 15 is 0 Å². The van der Waals surface area contributed by atoms with Gasteiger partial charge in [0.15, 0.2) is 0 Å². The van der Waals surface area contributed by atoms with Gasteiger partial charge in [-0.25, -0.2) is 4.79 Å². The van der Waals surface area contributed by atoms with Crippen molar-refractivity contribution in [3.05, 3.63) is 59.7 Å². The summed E-state index contributed by atoms with van der Waals surface area (Å²) < 4.78 is 5.63. The molecule has 2 aromatic carbocycles. The Morgan fingerprint density at radius 3 is 2.23 bits per heavy atom. The Hall–Kier alpha value is -3.35. The first-order valence-electron chi connectivity index (χ1n) is 12.4. The lowest BCUT2D eigenvalue weighted by atomic mass is 9.92. The second-order valence-corrected chi connectivity index (χ2v) is 10.0. The third kappa shape index (κ3) is 5.84. The number of fused-ring (bicyclic) bond motifs is 3. The molecule has 2 aliphatic carbocycles. The summed E-state index contributed by atoms with van der Waals surface area (Å²) in [7, 11) is 0. The van der Waals surface area contributed by atoms with Crippen molar-refractivity contribution in [1.29, 1.82) is 0 Å². The molecule has 7 heteroatoms. The van der Waals surface area contributed by atoms with Gasteiger partial charge in [0, 0.05) is 24.4 Å². The van der Waals surface area contributed by atoms with E-state index in [0.29, 0.717) is 25.8 Å². The third-order valence-electron chi connectivity index (χ3n) is 7.39. The number of carboxylic acid groups (broad SMARTS) is 1. The average molecular weight is 479 g/mol. The lowest BCUT2D eigenvalue weighted by Gasteiger charge is -2.21. The molecule has 1 unspecified atom stereocenters. The van der Waals surface area contributed by atoms with Gasteiger partial charge in [-0.2, -0.15) is 0 Å². The fraction of sp³-hybridized carbons (Fsp3) is 0.464. The predicted octanol–water partition coefficient (Wildman–Crippen LogP) is 4.56. The fourth-order valence-electron chi connectivity index (χ4n) is 5.30. The van der Waals surface area contributed by atoms with E-state index in [0.717, 1.165) is 0 Å². The van der Waals surface area contributed by atoms with Gasteiger partial charge in [0.25, 0.3) is 0 Å². The van der Waals surface area contributed by atoms with Crippen LogP contribution in [0.1, 0.15) is 56.6 Å². The Morgan fingerprint density at radius 1 is 1.00 bits per heavy atom. The standard InChI is InChI=1S/C28H34N2O5/c1-17(2)19(14-26(31)32)15-29-27(33)18-11-12-20(13-18)30-28(34)35-16-25-23-9-5-3-7-21(23)22-8-4-6-10-24(22)25/h3-10,17-20,25H,11-16H2,1-2H3,(H,29,33)(H,30,34)(H,31,32)/t18-,19?,20+/m0/s1. The van der Waals surface area contributed by atoms with E-state index in [1.807, 2.05) is 38.1 Å². The van der Waals surface area contributed by atoms with Crippen LogP contribution in [0.4, 0.5) is 4.79 Å². The van der Waals surface area contributed by atoms with Gasteiger partial charge in [-0.3, -0.25) is 9.59 Å². The van der Waals surface area contributed by atoms with Crippen LogP contribution in [0.5, 0.6) is 0 Å². The second-order valence-electron chi connectivity index (χ2n) is 10.0. The molecule has 0 heterocycles. The molecule has 0 spiro atoms. The lowest BCUT2D eigenvalue weighted by Crippen LogP contribution is -2.37. The number of alkyl carbamates (subject to hydrolysis) is 1. The largest absolute Gasteiger partial charge is 0.481 e. The zero-order valence-electron chi connectivity index (χ0n) is 20.3. The maximum Gasteiger partial charge on any atom is 0.407 e. The molecule has 3 N–H and O–H groups in total. The van der Waals surface area contributed by atoms with E-state index in [1.165, 1.54) is 22.3 Å². The Bertz CT molecular complexity index is 1040. The van der Waals surface area contributed by atoms with Crippen LogP contribution < -0.4 is 10.6 Å². The number of carbonyl (C=O) groups is 3. The highest BCUT2D eigenvalue weighted by atomic mass is 16.5. The minimum absolute atomic E-state index is 0.00922. The van der Waals surface area contributed by atoms with Crippen molar-refractivity contribution in [2.45, 2.75) is 51.5 Å². The van der Waals surface area contributed by atoms with Crippen LogP contribution in [-0.2, 0) is 14.3 Å². The SMILES string of the molecule is CC(C)C(CNC(=O)[C@H]1CC[C@@H](NC(=O)OCC2c3ccccc3-c3ccccc32)C1)CC(=O)O. The van der Waals surface area contributed by atoms with Crippen LogP contribution in [0, 0.1) is 17.8 Å². The number of carboxylic acids is 1. The zero-order chi connectivity index (χ0) is 24.9. The molecule has 0 saturated heterocycles. The topological polar surface area (TPSA) is 105 Å². The summed E-state index contributed by atoms with van der Waals surface area (Å²) in [6, 6.07) is 16.3. The van der Waals surface area contributed by atoms with Gasteiger partial charge in [0.2, 0.25) is 5.91 Å². The first-order valence-corrected chi connectivity index (χ1v) is 12.4. The van der Waals surface area contributed by atoms with Crippen LogP contribution in [0.3, 0.4) is 0 Å². The zero-order valence-corrected chi connectivity index (χ0v) is 20.3. The average Bonchev–Trinajstić information content (AvgIpc) is 3.42. The minimum atomic E-state index is -0.855. The maximum atomic E-state index is 12.6. The Labute approximate surface area is 206 Å². The lowest BCUT2D eigenvalue weighted by molar-refractivity contribution is -0.138. The molecule has 186 valence electrons. The summed E-state index contributed by atoms with van der Waals surface area (Å²) in [6.45, 7) is 4.54. The van der Waals surface area contributed by atoms with Crippen molar-refractivity contribution < 1.29 is 24.2 Å². The van der Waals surface area contributed by atoms with Crippen LogP contribution in [0.25, 0.3) is 11.1 Å². The molecule has 0 bridgehead atoms. The maximum absolute atomic E-state index is 12.6. The molecule has 3 atom stereocenters. The highest BCUT2D eigenvalue weighted by Crippen LogP contribution is 2.44. The second kappa shape index (κ2) is 10.9. The summed E-state index contributed by atoms with van der Waals surface area (Å²) in [5.74, 6) is -1.05. The van der Waals surface area contributed by atoms with Crippen molar-refractivity contribution in [2.75, 3.05) is 13.2 Å². The van der Waals surface area contributed by atoms with E-state index in [1.54, 1.807) is 0 Å². The van der Waals surface area contributed by atoms with Gasteiger partial charge >= 0.3 is 12.1 Å². The van der Waals surface area contributed by atoms with Crippen molar-refractivity contribution in [1.82, 2.24) is 10.6 Å². The van der Waals surface area contributed by atoms with Crippen LogP contribution in [-0.4, -0.2) is 42.3 Å². The summed E-state index contributed by atoms with van der Waals surface area (Å²) in [4.78, 5) is 36.2. The van der Waals surface area contributed by atoms with E-state index in [2.05, 4.69) is 34.9 Å². The van der Waals surface area contributed by atoms with E-state index in [-0.39, 0.29) is 48.6 Å². The van der Waals surface area contributed by atoms with Crippen molar-refractivity contribution in [2.24, 2.45) is 17.8 Å². The van der Waals surface area contributed by atoms with Crippen LogP contribution in [0.2, 0.25) is 0 Å². The first-order chi connectivity index (χ1) is 16.8. The molecule has 7 nitrogen and oxygen atoms in total. The number of hydrogen-bond acceptors (Lipinski definition) is 4.